The number of β-amino-alcohol motifs (C(OH)–C–C–N with tert-alkyl or cyclic N) is 1. The Morgan fingerprint density at radius 2 is 1.90 bits per heavy atom. The number of aliphatic hydroxyl groups is 1. The van der Waals surface area contributed by atoms with Crippen LogP contribution < -0.4 is 14.2 Å². The maximum absolute atomic E-state index is 11.6. The molecular formula is C21H25NO6S. The van der Waals surface area contributed by atoms with Crippen molar-refractivity contribution in [1.82, 2.24) is 4.90 Å². The average Bonchev–Trinajstić information content (AvgIpc) is 2.70. The summed E-state index contributed by atoms with van der Waals surface area (Å²) in [6, 6.07) is 12.4. The largest absolute Gasteiger partial charge is 0.486 e. The number of hydrogen-bond acceptors (Lipinski definition) is 7. The molecule has 7 nitrogen and oxygen atoms in total. The number of hydrogen-bond donors (Lipinski definition) is 1. The first-order valence-corrected chi connectivity index (χ1v) is 11.5. The molecule has 2 aliphatic heterocycles. The second-order valence-corrected chi connectivity index (χ2v) is 9.46. The van der Waals surface area contributed by atoms with Crippen LogP contribution in [-0.2, 0) is 16.4 Å². The van der Waals surface area contributed by atoms with E-state index in [1.807, 2.05) is 30.3 Å². The molecule has 0 radical (unpaired) electrons. The van der Waals surface area contributed by atoms with Crippen molar-refractivity contribution >= 4 is 9.84 Å². The lowest BCUT2D eigenvalue weighted by molar-refractivity contribution is -0.0290. The molecule has 0 aromatic heterocycles. The van der Waals surface area contributed by atoms with Crippen molar-refractivity contribution < 1.29 is 27.7 Å². The molecular weight excluding hydrogens is 394 g/mol. The quantitative estimate of drug-likeness (QED) is 0.792. The number of benzene rings is 2. The van der Waals surface area contributed by atoms with Crippen LogP contribution in [0, 0.1) is 0 Å². The van der Waals surface area contributed by atoms with E-state index in [9.17, 15) is 13.5 Å². The lowest BCUT2D eigenvalue weighted by Gasteiger charge is -2.36. The minimum absolute atomic E-state index is 0.311. The molecule has 156 valence electrons. The van der Waals surface area contributed by atoms with Crippen LogP contribution in [0.25, 0.3) is 0 Å². The predicted octanol–water partition coefficient (Wildman–Crippen LogP) is 1.88. The fourth-order valence-corrected chi connectivity index (χ4v) is 4.29. The normalized spacial score (nSPS) is 22.3. The topological polar surface area (TPSA) is 85.3 Å². The van der Waals surface area contributed by atoms with Gasteiger partial charge < -0.3 is 19.3 Å². The Morgan fingerprint density at radius 1 is 1.14 bits per heavy atom. The second-order valence-electron chi connectivity index (χ2n) is 7.44. The first kappa shape index (κ1) is 20.0. The Kier molecular flexibility index (Phi) is 5.67. The van der Waals surface area contributed by atoms with Gasteiger partial charge >= 0.3 is 0 Å². The molecule has 8 heteroatoms. The summed E-state index contributed by atoms with van der Waals surface area (Å²) in [5, 5.41) is 10.6. The van der Waals surface area contributed by atoms with E-state index in [0.29, 0.717) is 54.9 Å². The Morgan fingerprint density at radius 3 is 2.62 bits per heavy atom. The highest BCUT2D eigenvalue weighted by Gasteiger charge is 2.30. The summed E-state index contributed by atoms with van der Waals surface area (Å²) in [4.78, 5) is 2.45. The molecule has 29 heavy (non-hydrogen) atoms. The molecule has 2 aromatic carbocycles. The van der Waals surface area contributed by atoms with Gasteiger partial charge in [-0.15, -0.1) is 0 Å². The predicted molar refractivity (Wildman–Crippen MR) is 107 cm³/mol. The van der Waals surface area contributed by atoms with E-state index >= 15 is 0 Å². The molecule has 0 bridgehead atoms. The number of likely N-dealkylation sites (tertiary alicyclic amines) is 1. The minimum Gasteiger partial charge on any atom is -0.486 e. The van der Waals surface area contributed by atoms with Gasteiger partial charge in [0.05, 0.1) is 4.90 Å². The smallest absolute Gasteiger partial charge is 0.203 e. The van der Waals surface area contributed by atoms with E-state index in [1.165, 1.54) is 6.26 Å². The third-order valence-corrected chi connectivity index (χ3v) is 6.30. The summed E-state index contributed by atoms with van der Waals surface area (Å²) in [6.07, 6.45) is 0.910. The molecule has 1 saturated heterocycles. The molecule has 2 aromatic rings. The van der Waals surface area contributed by atoms with Gasteiger partial charge in [0.15, 0.2) is 21.3 Å². The van der Waals surface area contributed by atoms with Crippen LogP contribution in [0.4, 0.5) is 0 Å². The van der Waals surface area contributed by atoms with Crippen molar-refractivity contribution in [3.05, 3.63) is 48.0 Å². The van der Waals surface area contributed by atoms with Crippen LogP contribution in [0.2, 0.25) is 0 Å². The zero-order chi connectivity index (χ0) is 20.4. The number of rotatable bonds is 5. The highest BCUT2D eigenvalue weighted by molar-refractivity contribution is 7.90. The van der Waals surface area contributed by atoms with Crippen LogP contribution in [-0.4, -0.2) is 63.2 Å². The third kappa shape index (κ3) is 4.66. The zero-order valence-corrected chi connectivity index (χ0v) is 17.1. The van der Waals surface area contributed by atoms with E-state index in [1.54, 1.807) is 12.1 Å². The highest BCUT2D eigenvalue weighted by atomic mass is 32.2. The van der Waals surface area contributed by atoms with Crippen LogP contribution in [0.3, 0.4) is 0 Å². The number of piperidine rings is 1. The Bertz CT molecular complexity index is 960. The molecule has 0 saturated carbocycles. The Hall–Kier alpha value is -2.29. The standard InChI is InChI=1S/C21H25NO6S/c1-29(24,25)16-7-5-15(6-8-16)13-22-10-9-18(17(23)14-22)28-20-4-2-3-19-21(20)27-12-11-26-19/h2-8,17-18,23H,9-14H2,1H3/t17-,18-/m1/s1. The SMILES string of the molecule is CS(=O)(=O)c1ccc(CN2CC[C@@H](Oc3cccc4c3OCCO4)[C@H](O)C2)cc1. The van der Waals surface area contributed by atoms with Crippen molar-refractivity contribution in [1.29, 1.82) is 0 Å². The number of fused-ring (bicyclic) bond motifs is 1. The van der Waals surface area contributed by atoms with Gasteiger partial charge in [0.1, 0.15) is 25.4 Å². The van der Waals surface area contributed by atoms with Crippen molar-refractivity contribution in [3.63, 3.8) is 0 Å². The van der Waals surface area contributed by atoms with Crippen molar-refractivity contribution in [2.45, 2.75) is 30.1 Å². The van der Waals surface area contributed by atoms with E-state index < -0.39 is 15.9 Å². The van der Waals surface area contributed by atoms with Gasteiger partial charge in [-0.3, -0.25) is 4.90 Å². The zero-order valence-electron chi connectivity index (χ0n) is 16.3. The van der Waals surface area contributed by atoms with Gasteiger partial charge in [0.2, 0.25) is 5.75 Å². The number of nitrogens with zero attached hydrogens (tertiary/aromatic N) is 1. The number of sulfone groups is 1. The highest BCUT2D eigenvalue weighted by Crippen LogP contribution is 2.40. The van der Waals surface area contributed by atoms with Gasteiger partial charge in [-0.1, -0.05) is 18.2 Å². The fraction of sp³-hybridized carbons (Fsp3) is 0.429. The first-order valence-electron chi connectivity index (χ1n) is 9.65. The van der Waals surface area contributed by atoms with Gasteiger partial charge in [-0.2, -0.15) is 0 Å². The molecule has 0 unspecified atom stereocenters. The number of aliphatic hydroxyl groups excluding tert-OH is 1. The second kappa shape index (κ2) is 8.22. The van der Waals surface area contributed by atoms with E-state index in [-0.39, 0.29) is 6.10 Å². The van der Waals surface area contributed by atoms with Gasteiger partial charge in [0.25, 0.3) is 0 Å². The summed E-state index contributed by atoms with van der Waals surface area (Å²) in [5.74, 6) is 1.86. The summed E-state index contributed by atoms with van der Waals surface area (Å²) < 4.78 is 40.5. The maximum atomic E-state index is 11.6. The van der Waals surface area contributed by atoms with Crippen molar-refractivity contribution in [3.8, 4) is 17.2 Å². The van der Waals surface area contributed by atoms with Crippen molar-refractivity contribution in [2.24, 2.45) is 0 Å². The molecule has 2 atom stereocenters. The average molecular weight is 419 g/mol. The van der Waals surface area contributed by atoms with Crippen LogP contribution >= 0.6 is 0 Å². The van der Waals surface area contributed by atoms with Crippen molar-refractivity contribution in [2.75, 3.05) is 32.6 Å². The molecule has 2 aliphatic rings. The molecule has 1 fully saturated rings. The summed E-state index contributed by atoms with van der Waals surface area (Å²) in [6.45, 7) is 2.88. The molecule has 0 amide bonds. The Labute approximate surface area is 170 Å². The van der Waals surface area contributed by atoms with Crippen LogP contribution in [0.1, 0.15) is 12.0 Å². The summed E-state index contributed by atoms with van der Waals surface area (Å²) in [5.41, 5.74) is 1.01. The van der Waals surface area contributed by atoms with Crippen LogP contribution in [0.5, 0.6) is 17.2 Å². The summed E-state index contributed by atoms with van der Waals surface area (Å²) in [7, 11) is -3.19. The van der Waals surface area contributed by atoms with Gasteiger partial charge in [-0.25, -0.2) is 8.42 Å². The molecule has 0 aliphatic carbocycles. The lowest BCUT2D eigenvalue weighted by atomic mass is 10.0. The van der Waals surface area contributed by atoms with E-state index in [4.69, 9.17) is 14.2 Å². The first-order chi connectivity index (χ1) is 13.9. The monoisotopic (exact) mass is 419 g/mol. The van der Waals surface area contributed by atoms with Crippen LogP contribution in [0.15, 0.2) is 47.4 Å². The molecule has 2 heterocycles. The van der Waals surface area contributed by atoms with E-state index in [2.05, 4.69) is 4.90 Å². The van der Waals surface area contributed by atoms with E-state index in [0.717, 1.165) is 12.1 Å². The number of para-hydroxylation sites is 1. The summed E-state index contributed by atoms with van der Waals surface area (Å²) >= 11 is 0. The minimum atomic E-state index is -3.19. The molecule has 1 N–H and O–H groups in total. The molecule has 4 rings (SSSR count). The Balaban J connectivity index is 1.36. The third-order valence-electron chi connectivity index (χ3n) is 5.17. The maximum Gasteiger partial charge on any atom is 0.203 e. The number of ether oxygens (including phenoxy) is 3. The lowest BCUT2D eigenvalue weighted by Crippen LogP contribution is -2.48. The fourth-order valence-electron chi connectivity index (χ4n) is 3.66. The van der Waals surface area contributed by atoms with Gasteiger partial charge in [-0.05, 0) is 36.2 Å². The van der Waals surface area contributed by atoms with Gasteiger partial charge in [0, 0.05) is 25.9 Å². The molecule has 0 spiro atoms.